The Bertz CT molecular complexity index is 698. The number of hydrogen-bond acceptors (Lipinski definition) is 6. The first-order valence-electron chi connectivity index (χ1n) is 7.45. The third-order valence-electron chi connectivity index (χ3n) is 3.38. The fourth-order valence-corrected chi connectivity index (χ4v) is 3.52. The van der Waals surface area contributed by atoms with Gasteiger partial charge in [0.25, 0.3) is 5.91 Å². The molecule has 0 aliphatic carbocycles. The largest absolute Gasteiger partial charge is 0.469 e. The number of benzene rings is 1. The van der Waals surface area contributed by atoms with Gasteiger partial charge < -0.3 is 9.64 Å². The number of carbonyl (C=O) groups is 2. The number of hydrogen-bond donors (Lipinski definition) is 0. The van der Waals surface area contributed by atoms with Gasteiger partial charge in [-0.05, 0) is 31.2 Å². The van der Waals surface area contributed by atoms with Gasteiger partial charge in [0.05, 0.1) is 24.2 Å². The molecule has 1 aromatic carbocycles. The van der Waals surface area contributed by atoms with E-state index in [9.17, 15) is 9.59 Å². The summed E-state index contributed by atoms with van der Waals surface area (Å²) in [5, 5.41) is 3.14. The van der Waals surface area contributed by atoms with Crippen LogP contribution in [0, 0.1) is 6.92 Å². The number of thioether (sulfide) groups is 1. The monoisotopic (exact) mass is 364 g/mol. The molecule has 0 bridgehead atoms. The van der Waals surface area contributed by atoms with Crippen LogP contribution in [0.25, 0.3) is 0 Å². The molecule has 0 aliphatic rings. The number of methoxy groups -OCH3 is 1. The number of carbonyl (C=O) groups excluding carboxylic acids is 2. The first kappa shape index (κ1) is 18.5. The van der Waals surface area contributed by atoms with Crippen LogP contribution >= 0.6 is 23.1 Å². The lowest BCUT2D eigenvalue weighted by Gasteiger charge is -2.16. The van der Waals surface area contributed by atoms with Crippen molar-refractivity contribution in [3.05, 3.63) is 45.9 Å². The van der Waals surface area contributed by atoms with Gasteiger partial charge in [-0.2, -0.15) is 0 Å². The van der Waals surface area contributed by atoms with Gasteiger partial charge in [0.2, 0.25) is 0 Å². The summed E-state index contributed by atoms with van der Waals surface area (Å²) in [5.41, 5.74) is 1.68. The van der Waals surface area contributed by atoms with Crippen molar-refractivity contribution in [3.63, 3.8) is 0 Å². The van der Waals surface area contributed by atoms with E-state index in [2.05, 4.69) is 15.1 Å². The van der Waals surface area contributed by atoms with E-state index in [0.717, 1.165) is 21.3 Å². The second-order valence-electron chi connectivity index (χ2n) is 5.22. The second kappa shape index (κ2) is 8.84. The number of aromatic nitrogens is 1. The molecule has 2 aromatic rings. The third-order valence-corrected chi connectivity index (χ3v) is 5.25. The van der Waals surface area contributed by atoms with E-state index in [1.54, 1.807) is 30.1 Å². The predicted octanol–water partition coefficient (Wildman–Crippen LogP) is 3.38. The number of thiazole rings is 1. The fraction of sp³-hybridized carbons (Fsp3) is 0.353. The summed E-state index contributed by atoms with van der Waals surface area (Å²) >= 11 is 3.34. The third kappa shape index (κ3) is 5.35. The van der Waals surface area contributed by atoms with E-state index in [1.807, 2.05) is 31.2 Å². The van der Waals surface area contributed by atoms with Crippen LogP contribution < -0.4 is 0 Å². The molecule has 0 saturated heterocycles. The Morgan fingerprint density at radius 1 is 1.29 bits per heavy atom. The predicted molar refractivity (Wildman–Crippen MR) is 96.4 cm³/mol. The van der Waals surface area contributed by atoms with E-state index in [4.69, 9.17) is 0 Å². The summed E-state index contributed by atoms with van der Waals surface area (Å²) in [6.07, 6.45) is 0.194. The summed E-state index contributed by atoms with van der Waals surface area (Å²) in [5.74, 6) is 0.390. The Hall–Kier alpha value is -1.86. The molecule has 5 nitrogen and oxygen atoms in total. The van der Waals surface area contributed by atoms with Gasteiger partial charge in [-0.1, -0.05) is 0 Å². The normalized spacial score (nSPS) is 10.5. The summed E-state index contributed by atoms with van der Waals surface area (Å²) in [6.45, 7) is 2.33. The second-order valence-corrected chi connectivity index (χ2v) is 7.33. The topological polar surface area (TPSA) is 59.5 Å². The van der Waals surface area contributed by atoms with Crippen molar-refractivity contribution in [2.24, 2.45) is 0 Å². The maximum atomic E-state index is 12.3. The molecule has 1 aromatic heterocycles. The van der Waals surface area contributed by atoms with Crippen LogP contribution in [0.3, 0.4) is 0 Å². The molecular weight excluding hydrogens is 344 g/mol. The molecule has 0 saturated carbocycles. The molecule has 24 heavy (non-hydrogen) atoms. The van der Waals surface area contributed by atoms with Crippen LogP contribution in [0.1, 0.15) is 27.5 Å². The van der Waals surface area contributed by atoms with Crippen molar-refractivity contribution in [1.82, 2.24) is 9.88 Å². The highest BCUT2D eigenvalue weighted by atomic mass is 32.2. The maximum Gasteiger partial charge on any atom is 0.307 e. The van der Waals surface area contributed by atoms with Crippen LogP contribution in [-0.2, 0) is 15.3 Å². The van der Waals surface area contributed by atoms with Crippen molar-refractivity contribution in [2.75, 3.05) is 20.7 Å². The number of aryl methyl sites for hydroxylation is 1. The van der Waals surface area contributed by atoms with Crippen molar-refractivity contribution in [1.29, 1.82) is 0 Å². The van der Waals surface area contributed by atoms with E-state index in [1.165, 1.54) is 12.0 Å². The van der Waals surface area contributed by atoms with Gasteiger partial charge in [-0.3, -0.25) is 9.59 Å². The number of ether oxygens (including phenoxy) is 1. The molecule has 0 N–H and O–H groups in total. The molecule has 0 unspecified atom stereocenters. The molecule has 0 spiro atoms. The Morgan fingerprint density at radius 3 is 2.58 bits per heavy atom. The van der Waals surface area contributed by atoms with Crippen LogP contribution in [0.5, 0.6) is 0 Å². The maximum absolute atomic E-state index is 12.3. The summed E-state index contributed by atoms with van der Waals surface area (Å²) in [4.78, 5) is 30.5. The zero-order valence-electron chi connectivity index (χ0n) is 13.9. The first-order valence-corrected chi connectivity index (χ1v) is 9.32. The van der Waals surface area contributed by atoms with E-state index < -0.39 is 0 Å². The Morgan fingerprint density at radius 2 is 2.00 bits per heavy atom. The number of amides is 1. The molecule has 0 aliphatic heterocycles. The minimum Gasteiger partial charge on any atom is -0.469 e. The van der Waals surface area contributed by atoms with Gasteiger partial charge >= 0.3 is 5.97 Å². The lowest BCUT2D eigenvalue weighted by Crippen LogP contribution is -2.29. The van der Waals surface area contributed by atoms with Gasteiger partial charge in [0, 0.05) is 35.2 Å². The highest BCUT2D eigenvalue weighted by molar-refractivity contribution is 7.98. The Kier molecular flexibility index (Phi) is 6.81. The van der Waals surface area contributed by atoms with Gasteiger partial charge in [0.15, 0.2) is 0 Å². The van der Waals surface area contributed by atoms with Crippen LogP contribution in [0.15, 0.2) is 34.5 Å². The lowest BCUT2D eigenvalue weighted by molar-refractivity contribution is -0.140. The summed E-state index contributed by atoms with van der Waals surface area (Å²) < 4.78 is 4.58. The highest BCUT2D eigenvalue weighted by Crippen LogP contribution is 2.24. The summed E-state index contributed by atoms with van der Waals surface area (Å²) in [6, 6.07) is 7.49. The highest BCUT2D eigenvalue weighted by Gasteiger charge is 2.13. The SMILES string of the molecule is COC(=O)CCN(C)C(=O)c1ccc(SCc2csc(C)n2)cc1. The van der Waals surface area contributed by atoms with Crippen LogP contribution in [-0.4, -0.2) is 42.5 Å². The zero-order valence-corrected chi connectivity index (χ0v) is 15.6. The van der Waals surface area contributed by atoms with Crippen LogP contribution in [0.4, 0.5) is 0 Å². The van der Waals surface area contributed by atoms with Gasteiger partial charge in [0.1, 0.15) is 0 Å². The minimum absolute atomic E-state index is 0.106. The standard InChI is InChI=1S/C17H20N2O3S2/c1-12-18-14(10-23-12)11-24-15-6-4-13(5-7-15)17(21)19(2)9-8-16(20)22-3/h4-7,10H,8-9,11H2,1-3H3. The average molecular weight is 364 g/mol. The van der Waals surface area contributed by atoms with E-state index >= 15 is 0 Å². The number of esters is 1. The van der Waals surface area contributed by atoms with E-state index in [-0.39, 0.29) is 18.3 Å². The van der Waals surface area contributed by atoms with Crippen molar-refractivity contribution < 1.29 is 14.3 Å². The van der Waals surface area contributed by atoms with Gasteiger partial charge in [-0.15, -0.1) is 23.1 Å². The molecule has 1 heterocycles. The number of nitrogens with zero attached hydrogens (tertiary/aromatic N) is 2. The fourth-order valence-electron chi connectivity index (χ4n) is 2.01. The molecular formula is C17H20N2O3S2. The molecule has 1 amide bonds. The van der Waals surface area contributed by atoms with Crippen molar-refractivity contribution >= 4 is 35.0 Å². The van der Waals surface area contributed by atoms with Crippen LogP contribution in [0.2, 0.25) is 0 Å². The van der Waals surface area contributed by atoms with Gasteiger partial charge in [-0.25, -0.2) is 4.98 Å². The first-order chi connectivity index (χ1) is 11.5. The molecule has 0 radical (unpaired) electrons. The molecule has 2 rings (SSSR count). The Balaban J connectivity index is 1.88. The molecule has 128 valence electrons. The summed E-state index contributed by atoms with van der Waals surface area (Å²) in [7, 11) is 3.02. The quantitative estimate of drug-likeness (QED) is 0.557. The minimum atomic E-state index is -0.321. The zero-order chi connectivity index (χ0) is 17.5. The van der Waals surface area contributed by atoms with Crippen molar-refractivity contribution in [2.45, 2.75) is 24.0 Å². The van der Waals surface area contributed by atoms with E-state index in [0.29, 0.717) is 12.1 Å². The molecule has 0 atom stereocenters. The lowest BCUT2D eigenvalue weighted by atomic mass is 10.2. The molecule has 0 fully saturated rings. The molecule has 7 heteroatoms. The Labute approximate surface area is 150 Å². The average Bonchev–Trinajstić information content (AvgIpc) is 3.02. The smallest absolute Gasteiger partial charge is 0.307 e. The number of rotatable bonds is 7. The van der Waals surface area contributed by atoms with Crippen molar-refractivity contribution in [3.8, 4) is 0 Å².